The van der Waals surface area contributed by atoms with Crippen LogP contribution >= 0.6 is 0 Å². The van der Waals surface area contributed by atoms with Gasteiger partial charge in [0.1, 0.15) is 6.33 Å². The van der Waals surface area contributed by atoms with Crippen LogP contribution in [0.25, 0.3) is 0 Å². The molecular weight excluding hydrogens is 140 g/mol. The molecule has 0 aliphatic carbocycles. The second-order valence-electron chi connectivity index (χ2n) is 2.65. The average Bonchev–Trinajstić information content (AvgIpc) is 2.37. The highest BCUT2D eigenvalue weighted by atomic mass is 15.3. The molecule has 1 heterocycles. The molecule has 0 saturated carbocycles. The molecule has 1 aromatic rings. The predicted octanol–water partition coefficient (Wildman–Crippen LogP) is 0.708. The van der Waals surface area contributed by atoms with Gasteiger partial charge in [-0.25, -0.2) is 4.98 Å². The van der Waals surface area contributed by atoms with Crippen molar-refractivity contribution in [2.45, 2.75) is 32.9 Å². The van der Waals surface area contributed by atoms with Crippen LogP contribution in [0.4, 0.5) is 0 Å². The van der Waals surface area contributed by atoms with E-state index in [0.717, 1.165) is 18.8 Å². The summed E-state index contributed by atoms with van der Waals surface area (Å²) in [6, 6.07) is -0.0619. The Morgan fingerprint density at radius 3 is 2.91 bits per heavy atom. The summed E-state index contributed by atoms with van der Waals surface area (Å²) in [6.07, 6.45) is 2.80. The Kier molecular flexibility index (Phi) is 2.59. The van der Waals surface area contributed by atoms with Gasteiger partial charge in [-0.05, 0) is 13.3 Å². The van der Waals surface area contributed by atoms with E-state index in [1.54, 1.807) is 6.33 Å². The highest BCUT2D eigenvalue weighted by molar-refractivity contribution is 4.87. The number of aromatic nitrogens is 3. The minimum absolute atomic E-state index is 0.0619. The average molecular weight is 154 g/mol. The van der Waals surface area contributed by atoms with E-state index < -0.39 is 0 Å². The summed E-state index contributed by atoms with van der Waals surface area (Å²) in [6.45, 7) is 4.90. The van der Waals surface area contributed by atoms with Crippen molar-refractivity contribution in [3.05, 3.63) is 12.2 Å². The Balaban J connectivity index is 2.66. The molecule has 0 aliphatic rings. The minimum Gasteiger partial charge on any atom is -0.321 e. The van der Waals surface area contributed by atoms with Crippen molar-refractivity contribution >= 4 is 0 Å². The zero-order valence-corrected chi connectivity index (χ0v) is 6.99. The van der Waals surface area contributed by atoms with E-state index in [4.69, 9.17) is 5.73 Å². The van der Waals surface area contributed by atoms with Gasteiger partial charge in [-0.2, -0.15) is 5.10 Å². The fourth-order valence-corrected chi connectivity index (χ4v) is 0.855. The number of hydrogen-bond donors (Lipinski definition) is 1. The van der Waals surface area contributed by atoms with E-state index in [1.807, 2.05) is 11.6 Å². The van der Waals surface area contributed by atoms with Crippen molar-refractivity contribution < 1.29 is 0 Å². The van der Waals surface area contributed by atoms with Crippen LogP contribution < -0.4 is 5.73 Å². The van der Waals surface area contributed by atoms with Crippen molar-refractivity contribution in [3.8, 4) is 0 Å². The third kappa shape index (κ3) is 2.01. The van der Waals surface area contributed by atoms with E-state index in [1.165, 1.54) is 0 Å². The standard InChI is InChI=1S/C7H14N4/c1-3-4-11-5-9-7(10-11)6(2)8/h5-6H,3-4,8H2,1-2H3. The molecule has 1 rings (SSSR count). The lowest BCUT2D eigenvalue weighted by Crippen LogP contribution is -2.08. The van der Waals surface area contributed by atoms with Gasteiger partial charge in [0.25, 0.3) is 0 Å². The number of hydrogen-bond acceptors (Lipinski definition) is 3. The van der Waals surface area contributed by atoms with E-state index in [0.29, 0.717) is 0 Å². The highest BCUT2D eigenvalue weighted by Gasteiger charge is 2.03. The van der Waals surface area contributed by atoms with Crippen LogP contribution in [-0.4, -0.2) is 14.8 Å². The van der Waals surface area contributed by atoms with E-state index in [-0.39, 0.29) is 6.04 Å². The number of rotatable bonds is 3. The first kappa shape index (κ1) is 8.20. The SMILES string of the molecule is CCCn1cnc(C(C)N)n1. The second-order valence-corrected chi connectivity index (χ2v) is 2.65. The van der Waals surface area contributed by atoms with Crippen LogP contribution in [-0.2, 0) is 6.54 Å². The Bertz CT molecular complexity index is 216. The molecule has 0 bridgehead atoms. The molecule has 2 N–H and O–H groups in total. The van der Waals surface area contributed by atoms with Crippen molar-refractivity contribution in [2.75, 3.05) is 0 Å². The second kappa shape index (κ2) is 3.48. The third-order valence-corrected chi connectivity index (χ3v) is 1.41. The summed E-state index contributed by atoms with van der Waals surface area (Å²) in [7, 11) is 0. The van der Waals surface area contributed by atoms with Gasteiger partial charge in [0.2, 0.25) is 0 Å². The molecule has 11 heavy (non-hydrogen) atoms. The first-order valence-corrected chi connectivity index (χ1v) is 3.89. The van der Waals surface area contributed by atoms with E-state index >= 15 is 0 Å². The maximum absolute atomic E-state index is 5.58. The maximum atomic E-state index is 5.58. The van der Waals surface area contributed by atoms with Gasteiger partial charge >= 0.3 is 0 Å². The van der Waals surface area contributed by atoms with Gasteiger partial charge in [-0.3, -0.25) is 4.68 Å². The van der Waals surface area contributed by atoms with Crippen molar-refractivity contribution in [1.29, 1.82) is 0 Å². The van der Waals surface area contributed by atoms with Crippen molar-refractivity contribution in [2.24, 2.45) is 5.73 Å². The molecule has 4 nitrogen and oxygen atoms in total. The normalized spacial score (nSPS) is 13.4. The van der Waals surface area contributed by atoms with Gasteiger partial charge in [-0.1, -0.05) is 6.92 Å². The summed E-state index contributed by atoms with van der Waals surface area (Å²) < 4.78 is 1.82. The van der Waals surface area contributed by atoms with Crippen LogP contribution in [0.3, 0.4) is 0 Å². The molecule has 0 aliphatic heterocycles. The molecule has 1 unspecified atom stereocenters. The largest absolute Gasteiger partial charge is 0.321 e. The van der Waals surface area contributed by atoms with Crippen LogP contribution in [0.15, 0.2) is 6.33 Å². The van der Waals surface area contributed by atoms with Crippen LogP contribution in [0.5, 0.6) is 0 Å². The van der Waals surface area contributed by atoms with Crippen molar-refractivity contribution in [3.63, 3.8) is 0 Å². The molecule has 0 fully saturated rings. The Labute approximate surface area is 66.4 Å². The number of nitrogens with zero attached hydrogens (tertiary/aromatic N) is 3. The zero-order chi connectivity index (χ0) is 8.27. The lowest BCUT2D eigenvalue weighted by atomic mass is 10.3. The first-order valence-electron chi connectivity index (χ1n) is 3.89. The molecule has 0 amide bonds. The number of aryl methyl sites for hydroxylation is 1. The quantitative estimate of drug-likeness (QED) is 0.697. The van der Waals surface area contributed by atoms with Crippen molar-refractivity contribution in [1.82, 2.24) is 14.8 Å². The molecule has 0 aromatic carbocycles. The monoisotopic (exact) mass is 154 g/mol. The lowest BCUT2D eigenvalue weighted by Gasteiger charge is -1.96. The Morgan fingerprint density at radius 2 is 2.45 bits per heavy atom. The molecular formula is C7H14N4. The summed E-state index contributed by atoms with van der Waals surface area (Å²) in [5.74, 6) is 0.721. The van der Waals surface area contributed by atoms with E-state index in [2.05, 4.69) is 17.0 Å². The molecule has 0 radical (unpaired) electrons. The van der Waals surface area contributed by atoms with Gasteiger partial charge < -0.3 is 5.73 Å². The topological polar surface area (TPSA) is 56.7 Å². The van der Waals surface area contributed by atoms with Gasteiger partial charge in [-0.15, -0.1) is 0 Å². The smallest absolute Gasteiger partial charge is 0.166 e. The van der Waals surface area contributed by atoms with Crippen LogP contribution in [0.2, 0.25) is 0 Å². The van der Waals surface area contributed by atoms with Gasteiger partial charge in [0, 0.05) is 6.54 Å². The minimum atomic E-state index is -0.0619. The molecule has 62 valence electrons. The highest BCUT2D eigenvalue weighted by Crippen LogP contribution is 2.00. The lowest BCUT2D eigenvalue weighted by molar-refractivity contribution is 0.585. The summed E-state index contributed by atoms with van der Waals surface area (Å²) >= 11 is 0. The zero-order valence-electron chi connectivity index (χ0n) is 6.99. The molecule has 0 saturated heterocycles. The van der Waals surface area contributed by atoms with Gasteiger partial charge in [0.15, 0.2) is 5.82 Å². The fourth-order valence-electron chi connectivity index (χ4n) is 0.855. The summed E-state index contributed by atoms with van der Waals surface area (Å²) in [4.78, 5) is 4.06. The molecule has 1 atom stereocenters. The Hall–Kier alpha value is -0.900. The summed E-state index contributed by atoms with van der Waals surface area (Å²) in [5, 5.41) is 4.18. The molecule has 1 aromatic heterocycles. The number of nitrogens with two attached hydrogens (primary N) is 1. The maximum Gasteiger partial charge on any atom is 0.166 e. The van der Waals surface area contributed by atoms with E-state index in [9.17, 15) is 0 Å². The molecule has 0 spiro atoms. The summed E-state index contributed by atoms with van der Waals surface area (Å²) in [5.41, 5.74) is 5.58. The van der Waals surface area contributed by atoms with Gasteiger partial charge in [0.05, 0.1) is 6.04 Å². The first-order chi connectivity index (χ1) is 5.24. The Morgan fingerprint density at radius 1 is 1.73 bits per heavy atom. The molecule has 4 heteroatoms. The van der Waals surface area contributed by atoms with Crippen LogP contribution in [0, 0.1) is 0 Å². The van der Waals surface area contributed by atoms with Crippen LogP contribution in [0.1, 0.15) is 32.1 Å². The fraction of sp³-hybridized carbons (Fsp3) is 0.714. The predicted molar refractivity (Wildman–Crippen MR) is 42.9 cm³/mol. The third-order valence-electron chi connectivity index (χ3n) is 1.41.